The summed E-state index contributed by atoms with van der Waals surface area (Å²) in [6.45, 7) is -1.53. The number of amides is 1. The molecule has 8 nitrogen and oxygen atoms in total. The number of carbonyl (C=O) groups is 1. The first kappa shape index (κ1) is 23.4. The molecule has 0 aliphatic carbocycles. The molecule has 1 aliphatic heterocycles. The molecule has 0 saturated carbocycles. The Morgan fingerprint density at radius 2 is 1.89 bits per heavy atom. The van der Waals surface area contributed by atoms with Crippen LogP contribution in [0.2, 0.25) is 0 Å². The van der Waals surface area contributed by atoms with Gasteiger partial charge in [0.15, 0.2) is 0 Å². The zero-order valence-electron chi connectivity index (χ0n) is 18.7. The summed E-state index contributed by atoms with van der Waals surface area (Å²) < 4.78 is 55.7. The molecule has 0 bridgehead atoms. The maximum Gasteiger partial charge on any atom is 0.406 e. The Labute approximate surface area is 202 Å². The standard InChI is InChI=1S/C24H19F4N7O/c25-18-2-1-3-20-17(18)8-9-21(23(36)34(20)13-24(26,27)28)35-12-19(32-33-35)15-4-6-16(7-5-15)31-22-10-11-29-14-30-22/h1-7,10-12,14,21H,8-9,13H2,(H,29,30,31). The Morgan fingerprint density at radius 1 is 1.08 bits per heavy atom. The minimum Gasteiger partial charge on any atom is -0.340 e. The van der Waals surface area contributed by atoms with E-state index in [0.717, 1.165) is 5.69 Å². The van der Waals surface area contributed by atoms with Crippen molar-refractivity contribution >= 4 is 23.1 Å². The number of hydrogen-bond donors (Lipinski definition) is 1. The van der Waals surface area contributed by atoms with E-state index >= 15 is 0 Å². The summed E-state index contributed by atoms with van der Waals surface area (Å²) >= 11 is 0. The predicted octanol–water partition coefficient (Wildman–Crippen LogP) is 4.70. The number of hydrogen-bond acceptors (Lipinski definition) is 6. The lowest BCUT2D eigenvalue weighted by molar-refractivity contribution is -0.134. The molecule has 1 N–H and O–H groups in total. The highest BCUT2D eigenvalue weighted by Gasteiger charge is 2.40. The maximum atomic E-state index is 14.4. The van der Waals surface area contributed by atoms with E-state index in [-0.39, 0.29) is 24.1 Å². The molecule has 3 heterocycles. The number of benzene rings is 2. The number of nitrogens with zero attached hydrogens (tertiary/aromatic N) is 6. The minimum absolute atomic E-state index is 0.0738. The third-order valence-electron chi connectivity index (χ3n) is 5.81. The first-order chi connectivity index (χ1) is 17.3. The van der Waals surface area contributed by atoms with Crippen LogP contribution in [-0.2, 0) is 11.2 Å². The van der Waals surface area contributed by atoms with Gasteiger partial charge >= 0.3 is 6.18 Å². The zero-order valence-corrected chi connectivity index (χ0v) is 18.7. The van der Waals surface area contributed by atoms with E-state index in [1.165, 1.54) is 35.4 Å². The first-order valence-electron chi connectivity index (χ1n) is 11.0. The lowest BCUT2D eigenvalue weighted by Gasteiger charge is -2.26. The van der Waals surface area contributed by atoms with Crippen molar-refractivity contribution in [2.24, 2.45) is 0 Å². The predicted molar refractivity (Wildman–Crippen MR) is 123 cm³/mol. The fourth-order valence-corrected chi connectivity index (χ4v) is 4.14. The number of aromatic nitrogens is 5. The van der Waals surface area contributed by atoms with Crippen LogP contribution in [0, 0.1) is 5.82 Å². The number of halogens is 4. The summed E-state index contributed by atoms with van der Waals surface area (Å²) in [7, 11) is 0. The highest BCUT2D eigenvalue weighted by Crippen LogP contribution is 2.35. The molecule has 184 valence electrons. The quantitative estimate of drug-likeness (QED) is 0.402. The molecule has 1 amide bonds. The van der Waals surface area contributed by atoms with Crippen LogP contribution in [0.4, 0.5) is 34.8 Å². The van der Waals surface area contributed by atoms with Crippen LogP contribution in [-0.4, -0.2) is 43.6 Å². The number of alkyl halides is 3. The van der Waals surface area contributed by atoms with Gasteiger partial charge in [0.05, 0.1) is 11.9 Å². The normalized spacial score (nSPS) is 15.9. The van der Waals surface area contributed by atoms with E-state index in [4.69, 9.17) is 0 Å². The average molecular weight is 497 g/mol. The van der Waals surface area contributed by atoms with Crippen molar-refractivity contribution in [2.75, 3.05) is 16.8 Å². The fraction of sp³-hybridized carbons (Fsp3) is 0.208. The zero-order chi connectivity index (χ0) is 25.3. The molecular formula is C24H19F4N7O. The molecule has 5 rings (SSSR count). The summed E-state index contributed by atoms with van der Waals surface area (Å²) in [5.74, 6) is -0.850. The molecule has 1 atom stereocenters. The van der Waals surface area contributed by atoms with E-state index in [2.05, 4.69) is 25.6 Å². The van der Waals surface area contributed by atoms with Crippen LogP contribution in [0.1, 0.15) is 18.0 Å². The van der Waals surface area contributed by atoms with Gasteiger partial charge in [-0.05, 0) is 43.2 Å². The van der Waals surface area contributed by atoms with Gasteiger partial charge in [-0.1, -0.05) is 23.4 Å². The summed E-state index contributed by atoms with van der Waals surface area (Å²) in [6, 6.07) is 11.6. The highest BCUT2D eigenvalue weighted by molar-refractivity contribution is 5.97. The molecule has 1 unspecified atom stereocenters. The van der Waals surface area contributed by atoms with Crippen LogP contribution < -0.4 is 10.2 Å². The van der Waals surface area contributed by atoms with Gasteiger partial charge in [0.2, 0.25) is 0 Å². The number of rotatable bonds is 5. The Morgan fingerprint density at radius 3 is 2.61 bits per heavy atom. The number of anilines is 3. The third-order valence-corrected chi connectivity index (χ3v) is 5.81. The first-order valence-corrected chi connectivity index (χ1v) is 11.0. The smallest absolute Gasteiger partial charge is 0.340 e. The maximum absolute atomic E-state index is 14.4. The van der Waals surface area contributed by atoms with Gasteiger partial charge in [0.25, 0.3) is 5.91 Å². The van der Waals surface area contributed by atoms with E-state index in [0.29, 0.717) is 22.0 Å². The van der Waals surface area contributed by atoms with E-state index in [1.54, 1.807) is 36.5 Å². The van der Waals surface area contributed by atoms with Gasteiger partial charge in [-0.3, -0.25) is 4.79 Å². The van der Waals surface area contributed by atoms with Crippen molar-refractivity contribution in [3.8, 4) is 11.3 Å². The van der Waals surface area contributed by atoms with Gasteiger partial charge in [0, 0.05) is 23.0 Å². The summed E-state index contributed by atoms with van der Waals surface area (Å²) in [5, 5.41) is 11.3. The molecule has 2 aromatic heterocycles. The summed E-state index contributed by atoms with van der Waals surface area (Å²) in [5.41, 5.74) is 1.90. The van der Waals surface area contributed by atoms with Crippen molar-refractivity contribution < 1.29 is 22.4 Å². The highest BCUT2D eigenvalue weighted by atomic mass is 19.4. The number of carbonyl (C=O) groups excluding carboxylic acids is 1. The summed E-state index contributed by atoms with van der Waals surface area (Å²) in [4.78, 5) is 21.8. The second-order valence-electron chi connectivity index (χ2n) is 8.21. The monoisotopic (exact) mass is 497 g/mol. The lowest BCUT2D eigenvalue weighted by atomic mass is 10.1. The third kappa shape index (κ3) is 4.88. The Bertz CT molecular complexity index is 1370. The largest absolute Gasteiger partial charge is 0.406 e. The fourth-order valence-electron chi connectivity index (χ4n) is 4.14. The van der Waals surface area contributed by atoms with Gasteiger partial charge in [-0.15, -0.1) is 5.10 Å². The average Bonchev–Trinajstić information content (AvgIpc) is 3.29. The van der Waals surface area contributed by atoms with Gasteiger partial charge in [0.1, 0.15) is 36.2 Å². The molecule has 0 saturated heterocycles. The van der Waals surface area contributed by atoms with Crippen LogP contribution in [0.5, 0.6) is 0 Å². The Balaban J connectivity index is 1.40. The topological polar surface area (TPSA) is 88.8 Å². The van der Waals surface area contributed by atoms with E-state index in [9.17, 15) is 22.4 Å². The molecular weight excluding hydrogens is 478 g/mol. The lowest BCUT2D eigenvalue weighted by Crippen LogP contribution is -2.42. The van der Waals surface area contributed by atoms with Crippen molar-refractivity contribution in [3.63, 3.8) is 0 Å². The van der Waals surface area contributed by atoms with Crippen molar-refractivity contribution in [3.05, 3.63) is 78.6 Å². The minimum atomic E-state index is -4.66. The van der Waals surface area contributed by atoms with Crippen molar-refractivity contribution in [2.45, 2.75) is 25.1 Å². The van der Waals surface area contributed by atoms with Crippen LogP contribution in [0.25, 0.3) is 11.3 Å². The number of fused-ring (bicyclic) bond motifs is 1. The molecule has 0 spiro atoms. The van der Waals surface area contributed by atoms with Crippen LogP contribution in [0.15, 0.2) is 67.3 Å². The molecule has 0 radical (unpaired) electrons. The molecule has 12 heteroatoms. The van der Waals surface area contributed by atoms with E-state index < -0.39 is 30.5 Å². The van der Waals surface area contributed by atoms with Crippen LogP contribution >= 0.6 is 0 Å². The Hall–Kier alpha value is -4.35. The Kier molecular flexibility index (Phi) is 6.08. The molecule has 36 heavy (non-hydrogen) atoms. The second-order valence-corrected chi connectivity index (χ2v) is 8.21. The van der Waals surface area contributed by atoms with Gasteiger partial charge in [-0.25, -0.2) is 19.0 Å². The van der Waals surface area contributed by atoms with Crippen LogP contribution in [0.3, 0.4) is 0 Å². The SMILES string of the molecule is O=C1C(n2cc(-c3ccc(Nc4ccncn4)cc3)nn2)CCc2c(F)cccc2N1CC(F)(F)F. The molecule has 2 aromatic carbocycles. The van der Waals surface area contributed by atoms with Crippen molar-refractivity contribution in [1.29, 1.82) is 0 Å². The number of nitrogens with one attached hydrogen (secondary N) is 1. The van der Waals surface area contributed by atoms with E-state index in [1.807, 2.05) is 0 Å². The van der Waals surface area contributed by atoms with Gasteiger partial charge in [-0.2, -0.15) is 13.2 Å². The molecule has 1 aliphatic rings. The summed E-state index contributed by atoms with van der Waals surface area (Å²) in [6.07, 6.45) is 0.0277. The van der Waals surface area contributed by atoms with Crippen molar-refractivity contribution in [1.82, 2.24) is 25.0 Å². The molecule has 4 aromatic rings. The molecule has 0 fully saturated rings. The second kappa shape index (κ2) is 9.36. The van der Waals surface area contributed by atoms with Gasteiger partial charge < -0.3 is 10.2 Å².